The molecule has 0 radical (unpaired) electrons. The first kappa shape index (κ1) is 18.8. The first-order valence-corrected chi connectivity index (χ1v) is 8.16. The molecule has 3 aromatic rings. The minimum absolute atomic E-state index is 0.0101. The molecule has 0 aliphatic heterocycles. The lowest BCUT2D eigenvalue weighted by molar-refractivity contribution is -0.136. The molecule has 4 nitrogen and oxygen atoms in total. The Morgan fingerprint density at radius 2 is 1.74 bits per heavy atom. The number of nitrogens with one attached hydrogen (secondary N) is 1. The lowest BCUT2D eigenvalue weighted by Gasteiger charge is -2.12. The van der Waals surface area contributed by atoms with Gasteiger partial charge in [0.1, 0.15) is 18.1 Å². The van der Waals surface area contributed by atoms with Crippen LogP contribution < -0.4 is 10.1 Å². The molecule has 27 heavy (non-hydrogen) atoms. The minimum Gasteiger partial charge on any atom is -0.484 e. The highest BCUT2D eigenvalue weighted by molar-refractivity contribution is 6.32. The number of carbonyl (C=O) groups excluding carboxylic acids is 1. The summed E-state index contributed by atoms with van der Waals surface area (Å²) in [6, 6.07) is 14.4. The molecule has 0 bridgehead atoms. The van der Waals surface area contributed by atoms with Gasteiger partial charge in [-0.15, -0.1) is 0 Å². The number of carbonyl (C=O) groups is 1. The molecule has 0 fully saturated rings. The largest absolute Gasteiger partial charge is 0.484 e. The number of hydrogen-bond donors (Lipinski definition) is 1. The maximum absolute atomic E-state index is 13.0. The van der Waals surface area contributed by atoms with Crippen LogP contribution in [0.15, 0.2) is 65.1 Å². The fourth-order valence-corrected chi connectivity index (χ4v) is 2.50. The third kappa shape index (κ3) is 4.62. The minimum atomic E-state index is -4.58. The van der Waals surface area contributed by atoms with Crippen molar-refractivity contribution < 1.29 is 27.1 Å². The van der Waals surface area contributed by atoms with Gasteiger partial charge in [0, 0.05) is 0 Å². The highest BCUT2D eigenvalue weighted by Gasteiger charge is 2.33. The Bertz CT molecular complexity index is 953. The fraction of sp³-hybridized carbons (Fsp3) is 0.105. The van der Waals surface area contributed by atoms with Gasteiger partial charge in [-0.2, -0.15) is 13.2 Å². The van der Waals surface area contributed by atoms with Gasteiger partial charge in [0.15, 0.2) is 5.76 Å². The molecule has 1 aromatic heterocycles. The number of amides is 1. The van der Waals surface area contributed by atoms with Crippen molar-refractivity contribution in [1.29, 1.82) is 0 Å². The highest BCUT2D eigenvalue weighted by Crippen LogP contribution is 2.34. The van der Waals surface area contributed by atoms with Gasteiger partial charge in [0.25, 0.3) is 5.91 Å². The molecule has 8 heteroatoms. The van der Waals surface area contributed by atoms with Crippen LogP contribution in [0.5, 0.6) is 5.75 Å². The molecule has 2 aromatic carbocycles. The van der Waals surface area contributed by atoms with Crippen LogP contribution in [0, 0.1) is 0 Å². The van der Waals surface area contributed by atoms with Crippen LogP contribution >= 0.6 is 11.6 Å². The van der Waals surface area contributed by atoms with E-state index in [4.69, 9.17) is 20.8 Å². The van der Waals surface area contributed by atoms with E-state index in [0.29, 0.717) is 16.5 Å². The first-order chi connectivity index (χ1) is 12.8. The number of para-hydroxylation sites is 2. The van der Waals surface area contributed by atoms with E-state index in [1.165, 1.54) is 30.3 Å². The van der Waals surface area contributed by atoms with Gasteiger partial charge in [0.05, 0.1) is 16.3 Å². The number of benzene rings is 2. The Hall–Kier alpha value is -2.93. The Balaban J connectivity index is 1.68. The first-order valence-electron chi connectivity index (χ1n) is 7.78. The third-order valence-electron chi connectivity index (χ3n) is 3.57. The molecular weight excluding hydrogens is 383 g/mol. The molecule has 0 aliphatic rings. The summed E-state index contributed by atoms with van der Waals surface area (Å²) in [5.74, 6) is -0.162. The lowest BCUT2D eigenvalue weighted by atomic mass is 10.1. The molecule has 3 rings (SSSR count). The van der Waals surface area contributed by atoms with E-state index in [-0.39, 0.29) is 18.1 Å². The second-order valence-electron chi connectivity index (χ2n) is 5.48. The maximum atomic E-state index is 13.0. The number of anilines is 1. The molecule has 0 spiro atoms. The smallest absolute Gasteiger partial charge is 0.418 e. The predicted molar refractivity (Wildman–Crippen MR) is 93.9 cm³/mol. The summed E-state index contributed by atoms with van der Waals surface area (Å²) in [5.41, 5.74) is -1.28. The summed E-state index contributed by atoms with van der Waals surface area (Å²) in [6.07, 6.45) is -4.58. The van der Waals surface area contributed by atoms with Crippen molar-refractivity contribution in [2.45, 2.75) is 12.8 Å². The Morgan fingerprint density at radius 3 is 2.48 bits per heavy atom. The number of rotatable bonds is 5. The lowest BCUT2D eigenvalue weighted by Crippen LogP contribution is -2.16. The van der Waals surface area contributed by atoms with Crippen LogP contribution in [-0.4, -0.2) is 5.91 Å². The molecule has 0 atom stereocenters. The van der Waals surface area contributed by atoms with Crippen molar-refractivity contribution in [3.8, 4) is 5.75 Å². The number of hydrogen-bond acceptors (Lipinski definition) is 3. The number of halogens is 4. The Kier molecular flexibility index (Phi) is 5.41. The van der Waals surface area contributed by atoms with E-state index < -0.39 is 17.6 Å². The monoisotopic (exact) mass is 395 g/mol. The normalized spacial score (nSPS) is 11.3. The SMILES string of the molecule is O=C(Nc1ccccc1C(F)(F)F)c1ccc(COc2ccccc2Cl)o1. The standard InChI is InChI=1S/C19H13ClF3NO3/c20-14-6-2-4-8-16(14)26-11-12-9-10-17(27-12)18(25)24-15-7-3-1-5-13(15)19(21,22)23/h1-10H,11H2,(H,24,25). The van der Waals surface area contributed by atoms with Gasteiger partial charge >= 0.3 is 6.18 Å². The maximum Gasteiger partial charge on any atom is 0.418 e. The van der Waals surface area contributed by atoms with Crippen molar-refractivity contribution in [1.82, 2.24) is 0 Å². The zero-order valence-corrected chi connectivity index (χ0v) is 14.5. The van der Waals surface area contributed by atoms with Crippen LogP contribution in [0.2, 0.25) is 5.02 Å². The van der Waals surface area contributed by atoms with Gasteiger partial charge in [-0.25, -0.2) is 0 Å². The van der Waals surface area contributed by atoms with Gasteiger partial charge < -0.3 is 14.5 Å². The van der Waals surface area contributed by atoms with Crippen molar-refractivity contribution in [2.75, 3.05) is 5.32 Å². The van der Waals surface area contributed by atoms with E-state index in [2.05, 4.69) is 5.32 Å². The Morgan fingerprint density at radius 1 is 1.04 bits per heavy atom. The van der Waals surface area contributed by atoms with Gasteiger partial charge in [-0.1, -0.05) is 35.9 Å². The summed E-state index contributed by atoms with van der Waals surface area (Å²) < 4.78 is 49.8. The Labute approximate surface area is 157 Å². The van der Waals surface area contributed by atoms with Gasteiger partial charge in [0.2, 0.25) is 0 Å². The molecule has 0 saturated carbocycles. The molecular formula is C19H13ClF3NO3. The molecule has 1 amide bonds. The van der Waals surface area contributed by atoms with E-state index in [9.17, 15) is 18.0 Å². The molecule has 0 unspecified atom stereocenters. The zero-order chi connectivity index (χ0) is 19.4. The second kappa shape index (κ2) is 7.75. The van der Waals surface area contributed by atoms with Crippen LogP contribution in [0.4, 0.5) is 18.9 Å². The summed E-state index contributed by atoms with van der Waals surface area (Å²) in [7, 11) is 0. The molecule has 0 aliphatic carbocycles. The molecule has 1 N–H and O–H groups in total. The van der Waals surface area contributed by atoms with E-state index in [1.807, 2.05) is 0 Å². The van der Waals surface area contributed by atoms with Crippen LogP contribution in [-0.2, 0) is 12.8 Å². The second-order valence-corrected chi connectivity index (χ2v) is 5.89. The van der Waals surface area contributed by atoms with E-state index >= 15 is 0 Å². The number of furan rings is 1. The highest BCUT2D eigenvalue weighted by atomic mass is 35.5. The van der Waals surface area contributed by atoms with Crippen LogP contribution in [0.25, 0.3) is 0 Å². The quantitative estimate of drug-likeness (QED) is 0.595. The topological polar surface area (TPSA) is 51.5 Å². The van der Waals surface area contributed by atoms with Crippen LogP contribution in [0.3, 0.4) is 0 Å². The number of ether oxygens (including phenoxy) is 1. The van der Waals surface area contributed by atoms with Crippen molar-refractivity contribution in [2.24, 2.45) is 0 Å². The molecule has 1 heterocycles. The average Bonchev–Trinajstić information content (AvgIpc) is 3.10. The predicted octanol–water partition coefficient (Wildman–Crippen LogP) is 5.78. The number of alkyl halides is 3. The van der Waals surface area contributed by atoms with Gasteiger partial charge in [-0.05, 0) is 36.4 Å². The van der Waals surface area contributed by atoms with E-state index in [1.54, 1.807) is 24.3 Å². The zero-order valence-electron chi connectivity index (χ0n) is 13.7. The third-order valence-corrected chi connectivity index (χ3v) is 3.88. The molecule has 140 valence electrons. The summed E-state index contributed by atoms with van der Waals surface area (Å²) in [5, 5.41) is 2.64. The van der Waals surface area contributed by atoms with E-state index in [0.717, 1.165) is 6.07 Å². The van der Waals surface area contributed by atoms with Crippen molar-refractivity contribution in [3.63, 3.8) is 0 Å². The summed E-state index contributed by atoms with van der Waals surface area (Å²) >= 11 is 5.98. The van der Waals surface area contributed by atoms with Crippen molar-refractivity contribution in [3.05, 3.63) is 82.8 Å². The summed E-state index contributed by atoms with van der Waals surface area (Å²) in [4.78, 5) is 12.2. The van der Waals surface area contributed by atoms with Gasteiger partial charge in [-0.3, -0.25) is 4.79 Å². The summed E-state index contributed by atoms with van der Waals surface area (Å²) in [6.45, 7) is 0.0101. The average molecular weight is 396 g/mol. The van der Waals surface area contributed by atoms with Crippen LogP contribution in [0.1, 0.15) is 21.9 Å². The fourth-order valence-electron chi connectivity index (χ4n) is 2.31. The van der Waals surface area contributed by atoms with Crippen molar-refractivity contribution >= 4 is 23.2 Å². The molecule has 0 saturated heterocycles.